The average molecular weight is 258 g/mol. The molecule has 2 N–H and O–H groups in total. The number of hydrogen-bond donors (Lipinski definition) is 2. The molecule has 0 radical (unpaired) electrons. The summed E-state index contributed by atoms with van der Waals surface area (Å²) < 4.78 is 5.03. The Morgan fingerprint density at radius 1 is 1.21 bits per heavy atom. The van der Waals surface area contributed by atoms with Crippen LogP contribution in [0.4, 0.5) is 0 Å². The van der Waals surface area contributed by atoms with Gasteiger partial charge in [-0.15, -0.1) is 0 Å². The average Bonchev–Trinajstić information content (AvgIpc) is 2.89. The molecule has 0 aliphatic carbocycles. The fraction of sp³-hybridized carbons (Fsp3) is 0. The van der Waals surface area contributed by atoms with E-state index in [4.69, 9.17) is 9.52 Å². The third kappa shape index (κ3) is 2.90. The molecule has 1 heterocycles. The first kappa shape index (κ1) is 12.6. The molecular weight excluding hydrogens is 248 g/mol. The fourth-order valence-electron chi connectivity index (χ4n) is 1.50. The van der Waals surface area contributed by atoms with Crippen molar-refractivity contribution in [3.8, 4) is 5.75 Å². The van der Waals surface area contributed by atoms with Crippen LogP contribution in [0.1, 0.15) is 26.5 Å². The molecule has 0 atom stereocenters. The van der Waals surface area contributed by atoms with Gasteiger partial charge in [0, 0.05) is 5.56 Å². The number of carbonyl (C=O) groups is 2. The lowest BCUT2D eigenvalue weighted by Crippen LogP contribution is -2.01. The summed E-state index contributed by atoms with van der Waals surface area (Å²) in [5.41, 5.74) is -0.129. The molecular formula is C14H10O5. The quantitative estimate of drug-likeness (QED) is 0.650. The first-order valence-corrected chi connectivity index (χ1v) is 5.40. The number of allylic oxidation sites excluding steroid dienone is 1. The Bertz CT molecular complexity index is 638. The second kappa shape index (κ2) is 5.22. The Labute approximate surface area is 108 Å². The summed E-state index contributed by atoms with van der Waals surface area (Å²) in [4.78, 5) is 22.7. The molecule has 2 rings (SSSR count). The second-order valence-electron chi connectivity index (χ2n) is 3.75. The van der Waals surface area contributed by atoms with Crippen LogP contribution in [-0.4, -0.2) is 22.0 Å². The van der Waals surface area contributed by atoms with Crippen LogP contribution in [0.25, 0.3) is 6.08 Å². The lowest BCUT2D eigenvalue weighted by atomic mass is 10.1. The number of ketones is 1. The van der Waals surface area contributed by atoms with E-state index in [0.717, 1.165) is 6.07 Å². The topological polar surface area (TPSA) is 87.7 Å². The minimum atomic E-state index is -1.29. The molecule has 0 saturated carbocycles. The van der Waals surface area contributed by atoms with Crippen LogP contribution in [0.3, 0.4) is 0 Å². The molecule has 1 aromatic heterocycles. The fourth-order valence-corrected chi connectivity index (χ4v) is 1.50. The van der Waals surface area contributed by atoms with E-state index in [-0.39, 0.29) is 22.7 Å². The molecule has 5 nitrogen and oxygen atoms in total. The molecule has 19 heavy (non-hydrogen) atoms. The van der Waals surface area contributed by atoms with Crippen LogP contribution in [0.5, 0.6) is 5.75 Å². The highest BCUT2D eigenvalue weighted by Crippen LogP contribution is 2.19. The van der Waals surface area contributed by atoms with Gasteiger partial charge in [-0.3, -0.25) is 4.79 Å². The molecule has 0 amide bonds. The maximum atomic E-state index is 11.8. The Hall–Kier alpha value is -2.82. The molecule has 0 saturated heterocycles. The maximum absolute atomic E-state index is 11.8. The summed E-state index contributed by atoms with van der Waals surface area (Å²) in [6, 6.07) is 7.04. The summed E-state index contributed by atoms with van der Waals surface area (Å²) in [7, 11) is 0. The molecule has 5 heteroatoms. The van der Waals surface area contributed by atoms with Crippen molar-refractivity contribution in [2.75, 3.05) is 0 Å². The molecule has 0 bridgehead atoms. The van der Waals surface area contributed by atoms with E-state index in [2.05, 4.69) is 0 Å². The SMILES string of the molecule is O=C(/C=C/c1ccco1)c1ccc(O)c(C(=O)O)c1. The van der Waals surface area contributed by atoms with Crippen molar-refractivity contribution in [3.05, 3.63) is 59.6 Å². The zero-order chi connectivity index (χ0) is 13.8. The van der Waals surface area contributed by atoms with Gasteiger partial charge in [0.1, 0.15) is 17.1 Å². The van der Waals surface area contributed by atoms with Gasteiger partial charge in [-0.25, -0.2) is 4.79 Å². The number of carboxylic acid groups (broad SMARTS) is 1. The van der Waals surface area contributed by atoms with Crippen LogP contribution in [-0.2, 0) is 0 Å². The molecule has 0 unspecified atom stereocenters. The number of aromatic hydroxyl groups is 1. The molecule has 0 fully saturated rings. The van der Waals surface area contributed by atoms with Crippen molar-refractivity contribution in [3.63, 3.8) is 0 Å². The summed E-state index contributed by atoms with van der Waals surface area (Å²) in [6.07, 6.45) is 4.24. The first-order valence-electron chi connectivity index (χ1n) is 5.40. The highest BCUT2D eigenvalue weighted by Gasteiger charge is 2.12. The normalized spacial score (nSPS) is 10.7. The molecule has 2 aromatic rings. The molecule has 0 aliphatic rings. The van der Waals surface area contributed by atoms with Gasteiger partial charge < -0.3 is 14.6 Å². The summed E-state index contributed by atoms with van der Waals surface area (Å²) in [5, 5.41) is 18.2. The van der Waals surface area contributed by atoms with E-state index in [1.165, 1.54) is 30.5 Å². The number of hydrogen-bond acceptors (Lipinski definition) is 4. The van der Waals surface area contributed by atoms with E-state index in [1.807, 2.05) is 0 Å². The third-order valence-electron chi connectivity index (χ3n) is 2.45. The number of aromatic carboxylic acids is 1. The van der Waals surface area contributed by atoms with Gasteiger partial charge in [0.05, 0.1) is 6.26 Å². The van der Waals surface area contributed by atoms with E-state index >= 15 is 0 Å². The Morgan fingerprint density at radius 3 is 2.63 bits per heavy atom. The molecule has 1 aromatic carbocycles. The zero-order valence-corrected chi connectivity index (χ0v) is 9.74. The summed E-state index contributed by atoms with van der Waals surface area (Å²) in [5.74, 6) is -1.52. The van der Waals surface area contributed by atoms with Gasteiger partial charge in [0.25, 0.3) is 0 Å². The Morgan fingerprint density at radius 2 is 2.00 bits per heavy atom. The van der Waals surface area contributed by atoms with Crippen molar-refractivity contribution < 1.29 is 24.2 Å². The lowest BCUT2D eigenvalue weighted by Gasteiger charge is -2.01. The minimum absolute atomic E-state index is 0.179. The van der Waals surface area contributed by atoms with Crippen molar-refractivity contribution in [1.29, 1.82) is 0 Å². The van der Waals surface area contributed by atoms with Crippen LogP contribution in [0.15, 0.2) is 47.1 Å². The molecule has 0 spiro atoms. The Balaban J connectivity index is 2.24. The molecule has 96 valence electrons. The van der Waals surface area contributed by atoms with E-state index < -0.39 is 5.97 Å². The summed E-state index contributed by atoms with van der Waals surface area (Å²) in [6.45, 7) is 0. The van der Waals surface area contributed by atoms with Crippen LogP contribution >= 0.6 is 0 Å². The smallest absolute Gasteiger partial charge is 0.339 e. The van der Waals surface area contributed by atoms with Crippen molar-refractivity contribution >= 4 is 17.8 Å². The van der Waals surface area contributed by atoms with Crippen molar-refractivity contribution in [1.82, 2.24) is 0 Å². The van der Waals surface area contributed by atoms with E-state index in [9.17, 15) is 14.7 Å². The van der Waals surface area contributed by atoms with Gasteiger partial charge >= 0.3 is 5.97 Å². The Kier molecular flexibility index (Phi) is 3.47. The van der Waals surface area contributed by atoms with Crippen molar-refractivity contribution in [2.24, 2.45) is 0 Å². The highest BCUT2D eigenvalue weighted by molar-refractivity contribution is 6.08. The second-order valence-corrected chi connectivity index (χ2v) is 3.75. The first-order chi connectivity index (χ1) is 9.08. The zero-order valence-electron chi connectivity index (χ0n) is 9.74. The van der Waals surface area contributed by atoms with Crippen LogP contribution < -0.4 is 0 Å². The van der Waals surface area contributed by atoms with E-state index in [0.29, 0.717) is 5.76 Å². The standard InChI is InChI=1S/C14H10O5/c15-12(6-4-10-2-1-7-19-10)9-3-5-13(16)11(8-9)14(17)18/h1-8,16H,(H,17,18)/b6-4+. The number of rotatable bonds is 4. The van der Waals surface area contributed by atoms with Crippen LogP contribution in [0, 0.1) is 0 Å². The monoisotopic (exact) mass is 258 g/mol. The van der Waals surface area contributed by atoms with Gasteiger partial charge in [0.2, 0.25) is 0 Å². The molecule has 0 aliphatic heterocycles. The predicted molar refractivity (Wildman–Crippen MR) is 67.1 cm³/mol. The highest BCUT2D eigenvalue weighted by atomic mass is 16.4. The number of phenols is 1. The summed E-state index contributed by atoms with van der Waals surface area (Å²) >= 11 is 0. The van der Waals surface area contributed by atoms with Crippen molar-refractivity contribution in [2.45, 2.75) is 0 Å². The number of benzene rings is 1. The van der Waals surface area contributed by atoms with Gasteiger partial charge in [-0.2, -0.15) is 0 Å². The lowest BCUT2D eigenvalue weighted by molar-refractivity contribution is 0.0693. The largest absolute Gasteiger partial charge is 0.507 e. The maximum Gasteiger partial charge on any atom is 0.339 e. The third-order valence-corrected chi connectivity index (χ3v) is 2.45. The van der Waals surface area contributed by atoms with Gasteiger partial charge in [0.15, 0.2) is 5.78 Å². The predicted octanol–water partition coefficient (Wildman–Crippen LogP) is 2.58. The van der Waals surface area contributed by atoms with Gasteiger partial charge in [-0.05, 0) is 42.5 Å². The number of carbonyl (C=O) groups excluding carboxylic acids is 1. The van der Waals surface area contributed by atoms with Crippen LogP contribution in [0.2, 0.25) is 0 Å². The van der Waals surface area contributed by atoms with Gasteiger partial charge in [-0.1, -0.05) is 0 Å². The minimum Gasteiger partial charge on any atom is -0.507 e. The number of carboxylic acids is 1. The number of furan rings is 1. The van der Waals surface area contributed by atoms with E-state index in [1.54, 1.807) is 12.1 Å².